The van der Waals surface area contributed by atoms with Crippen LogP contribution < -0.4 is 5.32 Å². The molecule has 194 valence electrons. The lowest BCUT2D eigenvalue weighted by atomic mass is 10.1. The molecule has 1 saturated heterocycles. The van der Waals surface area contributed by atoms with Crippen molar-refractivity contribution >= 4 is 57.8 Å². The van der Waals surface area contributed by atoms with Gasteiger partial charge in [0.2, 0.25) is 5.91 Å². The van der Waals surface area contributed by atoms with E-state index in [0.717, 1.165) is 30.0 Å². The molecule has 4 rings (SSSR count). The molecule has 3 aromatic rings. The molecule has 1 aliphatic heterocycles. The number of carboxylic acid groups (broad SMARTS) is 1. The molecule has 2 heterocycles. The fourth-order valence-electron chi connectivity index (χ4n) is 3.55. The molecular weight excluding hydrogens is 539 g/mol. The average Bonchev–Trinajstić information content (AvgIpc) is 3.13. The Morgan fingerprint density at radius 3 is 2.55 bits per heavy atom. The molecule has 0 spiro atoms. The highest BCUT2D eigenvalue weighted by molar-refractivity contribution is 8.26. The monoisotopic (exact) mass is 557 g/mol. The van der Waals surface area contributed by atoms with Gasteiger partial charge in [0, 0.05) is 18.5 Å². The highest BCUT2D eigenvalue weighted by Crippen LogP contribution is 2.33. The number of halogens is 3. The van der Waals surface area contributed by atoms with E-state index < -0.39 is 35.2 Å². The third-order valence-corrected chi connectivity index (χ3v) is 6.74. The number of benzene rings is 2. The molecule has 0 saturated carbocycles. The Hall–Kier alpha value is -4.03. The van der Waals surface area contributed by atoms with Gasteiger partial charge in [-0.3, -0.25) is 19.3 Å². The predicted octanol–water partition coefficient (Wildman–Crippen LogP) is 5.02. The van der Waals surface area contributed by atoms with Crippen molar-refractivity contribution in [2.75, 3.05) is 11.9 Å². The molecular formula is C26H18F3N3O4S2. The third kappa shape index (κ3) is 6.45. The van der Waals surface area contributed by atoms with Crippen molar-refractivity contribution in [3.8, 4) is 11.3 Å². The summed E-state index contributed by atoms with van der Waals surface area (Å²) in [6, 6.07) is 12.1. The molecule has 12 heteroatoms. The molecule has 2 N–H and O–H groups in total. The number of aromatic nitrogens is 1. The van der Waals surface area contributed by atoms with Crippen molar-refractivity contribution < 1.29 is 32.7 Å². The molecule has 7 nitrogen and oxygen atoms in total. The van der Waals surface area contributed by atoms with E-state index in [4.69, 9.17) is 17.3 Å². The second-order valence-electron chi connectivity index (χ2n) is 8.09. The van der Waals surface area contributed by atoms with Gasteiger partial charge in [0.05, 0.1) is 28.4 Å². The minimum Gasteiger partial charge on any atom is -0.481 e. The number of thioether (sulfide) groups is 1. The van der Waals surface area contributed by atoms with Gasteiger partial charge in [-0.25, -0.2) is 18.2 Å². The highest BCUT2D eigenvalue weighted by atomic mass is 32.2. The van der Waals surface area contributed by atoms with Gasteiger partial charge in [-0.15, -0.1) is 0 Å². The van der Waals surface area contributed by atoms with Crippen LogP contribution in [0.15, 0.2) is 59.5 Å². The summed E-state index contributed by atoms with van der Waals surface area (Å²) in [5, 5.41) is 11.2. The van der Waals surface area contributed by atoms with E-state index in [9.17, 15) is 27.6 Å². The SMILES string of the molecule is O=C(O)Cc1ccc(NC(=O)CCN2C(=O)/C(=C/c3cccc(-c4ccc(F)c(F)c4)n3)SC2=S)c(F)c1. The summed E-state index contributed by atoms with van der Waals surface area (Å²) < 4.78 is 41.3. The largest absolute Gasteiger partial charge is 0.481 e. The Labute approximate surface area is 224 Å². The highest BCUT2D eigenvalue weighted by Gasteiger charge is 2.32. The van der Waals surface area contributed by atoms with Crippen molar-refractivity contribution in [3.63, 3.8) is 0 Å². The van der Waals surface area contributed by atoms with Crippen molar-refractivity contribution in [2.24, 2.45) is 0 Å². The predicted molar refractivity (Wildman–Crippen MR) is 140 cm³/mol. The second-order valence-corrected chi connectivity index (χ2v) is 9.77. The van der Waals surface area contributed by atoms with Gasteiger partial charge in [-0.05, 0) is 54.1 Å². The summed E-state index contributed by atoms with van der Waals surface area (Å²) in [5.74, 6) is -4.85. The lowest BCUT2D eigenvalue weighted by molar-refractivity contribution is -0.136. The lowest BCUT2D eigenvalue weighted by Gasteiger charge is -2.14. The summed E-state index contributed by atoms with van der Waals surface area (Å²) in [5.41, 5.74) is 1.29. The van der Waals surface area contributed by atoms with Crippen LogP contribution in [0, 0.1) is 17.5 Å². The van der Waals surface area contributed by atoms with E-state index in [1.54, 1.807) is 18.2 Å². The Balaban J connectivity index is 1.40. The molecule has 1 fully saturated rings. The zero-order valence-corrected chi connectivity index (χ0v) is 21.0. The lowest BCUT2D eigenvalue weighted by Crippen LogP contribution is -2.31. The zero-order valence-electron chi connectivity index (χ0n) is 19.4. The number of carbonyl (C=O) groups is 3. The van der Waals surface area contributed by atoms with Gasteiger partial charge in [-0.2, -0.15) is 0 Å². The van der Waals surface area contributed by atoms with Crippen LogP contribution in [0.2, 0.25) is 0 Å². The van der Waals surface area contributed by atoms with Crippen LogP contribution in [0.5, 0.6) is 0 Å². The van der Waals surface area contributed by atoms with Crippen LogP contribution in [-0.2, 0) is 20.8 Å². The number of hydrogen-bond acceptors (Lipinski definition) is 6. The van der Waals surface area contributed by atoms with Gasteiger partial charge in [0.15, 0.2) is 11.6 Å². The van der Waals surface area contributed by atoms with Gasteiger partial charge in [-0.1, -0.05) is 36.1 Å². The molecule has 0 atom stereocenters. The molecule has 0 aliphatic carbocycles. The number of thiocarbonyl (C=S) groups is 1. The number of nitrogens with one attached hydrogen (secondary N) is 1. The number of amides is 2. The molecule has 0 unspecified atom stereocenters. The Kier molecular flexibility index (Phi) is 8.23. The van der Waals surface area contributed by atoms with Crippen LogP contribution in [-0.4, -0.2) is 43.6 Å². The van der Waals surface area contributed by atoms with Crippen LogP contribution in [0.25, 0.3) is 17.3 Å². The normalized spacial score (nSPS) is 14.3. The summed E-state index contributed by atoms with van der Waals surface area (Å²) >= 11 is 6.31. The average molecular weight is 558 g/mol. The first-order valence-corrected chi connectivity index (χ1v) is 12.3. The fourth-order valence-corrected chi connectivity index (χ4v) is 4.84. The van der Waals surface area contributed by atoms with E-state index in [0.29, 0.717) is 17.0 Å². The van der Waals surface area contributed by atoms with E-state index in [-0.39, 0.29) is 39.9 Å². The number of pyridine rings is 1. The van der Waals surface area contributed by atoms with Gasteiger partial charge in [0.25, 0.3) is 5.91 Å². The third-order valence-electron chi connectivity index (χ3n) is 5.36. The Morgan fingerprint density at radius 1 is 1.05 bits per heavy atom. The van der Waals surface area contributed by atoms with Crippen LogP contribution in [0.3, 0.4) is 0 Å². The van der Waals surface area contributed by atoms with Crippen molar-refractivity contribution in [2.45, 2.75) is 12.8 Å². The van der Waals surface area contributed by atoms with E-state index in [1.165, 1.54) is 29.2 Å². The number of carbonyl (C=O) groups excluding carboxylic acids is 2. The van der Waals surface area contributed by atoms with Crippen molar-refractivity contribution in [3.05, 3.63) is 88.2 Å². The van der Waals surface area contributed by atoms with Crippen molar-refractivity contribution in [1.29, 1.82) is 0 Å². The molecule has 0 radical (unpaired) electrons. The molecule has 2 aromatic carbocycles. The van der Waals surface area contributed by atoms with Crippen LogP contribution >= 0.6 is 24.0 Å². The standard InChI is InChI=1S/C26H18F3N3O4S2/c27-17-6-5-15(12-18(17)28)20-3-1-2-16(30-20)13-22-25(36)32(26(37)38-22)9-8-23(33)31-21-7-4-14(10-19(21)29)11-24(34)35/h1-7,10,12-13H,8-9,11H2,(H,31,33)(H,34,35)/b22-13-. The Bertz CT molecular complexity index is 1500. The molecule has 2 amide bonds. The van der Waals surface area contributed by atoms with E-state index >= 15 is 0 Å². The molecule has 0 bridgehead atoms. The number of rotatable bonds is 8. The fraction of sp³-hybridized carbons (Fsp3) is 0.115. The van der Waals surface area contributed by atoms with E-state index in [2.05, 4.69) is 10.3 Å². The minimum absolute atomic E-state index is 0.0467. The van der Waals surface area contributed by atoms with Gasteiger partial charge in [0.1, 0.15) is 10.1 Å². The number of nitrogens with zero attached hydrogens (tertiary/aromatic N) is 2. The van der Waals surface area contributed by atoms with Gasteiger partial charge >= 0.3 is 5.97 Å². The number of hydrogen-bond donors (Lipinski definition) is 2. The molecule has 1 aromatic heterocycles. The van der Waals surface area contributed by atoms with E-state index in [1.807, 2.05) is 0 Å². The minimum atomic E-state index is -1.11. The first kappa shape index (κ1) is 27.0. The summed E-state index contributed by atoms with van der Waals surface area (Å²) in [4.78, 5) is 41.9. The van der Waals surface area contributed by atoms with Crippen LogP contribution in [0.4, 0.5) is 18.9 Å². The topological polar surface area (TPSA) is 99.6 Å². The smallest absolute Gasteiger partial charge is 0.307 e. The molecule has 1 aliphatic rings. The van der Waals surface area contributed by atoms with Gasteiger partial charge < -0.3 is 10.4 Å². The first-order valence-electron chi connectivity index (χ1n) is 11.1. The van der Waals surface area contributed by atoms with Crippen LogP contribution in [0.1, 0.15) is 17.7 Å². The Morgan fingerprint density at radius 2 is 1.84 bits per heavy atom. The number of aliphatic carboxylic acids is 1. The number of anilines is 1. The van der Waals surface area contributed by atoms with Crippen molar-refractivity contribution in [1.82, 2.24) is 9.88 Å². The number of carboxylic acids is 1. The summed E-state index contributed by atoms with van der Waals surface area (Å²) in [7, 11) is 0. The summed E-state index contributed by atoms with van der Waals surface area (Å²) in [6.45, 7) is -0.0467. The zero-order chi connectivity index (χ0) is 27.4. The maximum absolute atomic E-state index is 14.2. The molecule has 38 heavy (non-hydrogen) atoms. The second kappa shape index (κ2) is 11.6. The first-order chi connectivity index (χ1) is 18.1. The maximum atomic E-state index is 14.2. The maximum Gasteiger partial charge on any atom is 0.307 e. The quantitative estimate of drug-likeness (QED) is 0.296. The summed E-state index contributed by atoms with van der Waals surface area (Å²) in [6.07, 6.45) is 0.995.